The van der Waals surface area contributed by atoms with Crippen LogP contribution in [0.1, 0.15) is 79.5 Å². The lowest BCUT2D eigenvalue weighted by atomic mass is 9.89. The number of hydrogen-bond acceptors (Lipinski definition) is 6. The Morgan fingerprint density at radius 1 is 0.841 bits per heavy atom. The Balaban J connectivity index is 1.05. The first-order valence-corrected chi connectivity index (χ1v) is 24.1. The third-order valence-electron chi connectivity index (χ3n) is 14.5. The van der Waals surface area contributed by atoms with Crippen molar-refractivity contribution in [3.8, 4) is 17.0 Å². The maximum Gasteiger partial charge on any atom is 0.264 e. The number of hydrogen-bond donors (Lipinski definition) is 0. The zero-order chi connectivity index (χ0) is 48.5. The Hall–Kier alpha value is -6.91. The van der Waals surface area contributed by atoms with E-state index in [4.69, 9.17) is 9.47 Å². The molecule has 0 spiro atoms. The van der Waals surface area contributed by atoms with E-state index in [1.165, 1.54) is 11.6 Å². The number of rotatable bonds is 13. The topological polar surface area (TPSA) is 75.4 Å². The molecule has 0 radical (unpaired) electrons. The molecule has 69 heavy (non-hydrogen) atoms. The number of aromatic nitrogens is 2. The number of halogens is 1. The van der Waals surface area contributed by atoms with Gasteiger partial charge >= 0.3 is 0 Å². The first kappa shape index (κ1) is 47.2. The van der Waals surface area contributed by atoms with Gasteiger partial charge in [-0.05, 0) is 116 Å². The fourth-order valence-electron chi connectivity index (χ4n) is 10.2. The second kappa shape index (κ2) is 20.0. The van der Waals surface area contributed by atoms with Crippen LogP contribution in [-0.4, -0.2) is 87.7 Å². The van der Waals surface area contributed by atoms with E-state index < -0.39 is 0 Å². The van der Waals surface area contributed by atoms with Crippen LogP contribution in [0.2, 0.25) is 0 Å². The number of fused-ring (bicyclic) bond motifs is 2. The molecule has 1 fully saturated rings. The van der Waals surface area contributed by atoms with Crippen molar-refractivity contribution in [2.24, 2.45) is 14.1 Å². The monoisotopic (exact) mass is 926 g/mol. The van der Waals surface area contributed by atoms with Crippen LogP contribution in [0.4, 0.5) is 15.8 Å². The largest absolute Gasteiger partial charge is 0.492 e. The number of nitrogens with zero attached hydrogens (tertiary/aromatic N) is 6. The minimum atomic E-state index is -0.336. The van der Waals surface area contributed by atoms with Gasteiger partial charge in [0.25, 0.3) is 11.8 Å². The molecule has 2 amide bonds. The summed E-state index contributed by atoms with van der Waals surface area (Å²) in [5.74, 6) is -0.0687. The van der Waals surface area contributed by atoms with Gasteiger partial charge in [0.2, 0.25) is 0 Å². The minimum Gasteiger partial charge on any atom is -0.492 e. The Kier molecular flexibility index (Phi) is 13.7. The number of carbonyl (C=O) groups is 2. The molecular weight excluding hydrogens is 864 g/mol. The summed E-state index contributed by atoms with van der Waals surface area (Å²) in [4.78, 5) is 38.8. The molecule has 0 saturated carbocycles. The Bertz CT molecular complexity index is 2990. The number of benzene rings is 4. The molecule has 0 bridgehead atoms. The number of carbonyl (C=O) groups excluding carboxylic acids is 2. The lowest BCUT2D eigenvalue weighted by molar-refractivity contribution is 0.0322. The Morgan fingerprint density at radius 2 is 1.58 bits per heavy atom. The van der Waals surface area contributed by atoms with Gasteiger partial charge in [0, 0.05) is 111 Å². The summed E-state index contributed by atoms with van der Waals surface area (Å²) >= 11 is 0. The third-order valence-corrected chi connectivity index (χ3v) is 14.5. The summed E-state index contributed by atoms with van der Waals surface area (Å²) in [7, 11) is 3.97. The van der Waals surface area contributed by atoms with Crippen LogP contribution in [0, 0.1) is 19.7 Å². The molecule has 0 N–H and O–H groups in total. The van der Waals surface area contributed by atoms with Gasteiger partial charge in [0.15, 0.2) is 0 Å². The molecule has 356 valence electrons. The predicted octanol–water partition coefficient (Wildman–Crippen LogP) is 10.4. The van der Waals surface area contributed by atoms with Crippen molar-refractivity contribution in [2.45, 2.75) is 66.1 Å². The number of para-hydroxylation sites is 1. The summed E-state index contributed by atoms with van der Waals surface area (Å²) in [6.07, 6.45) is 1.75. The van der Waals surface area contributed by atoms with E-state index >= 15 is 14.0 Å². The molecule has 3 aliphatic rings. The third kappa shape index (κ3) is 9.47. The first-order valence-electron chi connectivity index (χ1n) is 24.1. The number of morpholine rings is 1. The van der Waals surface area contributed by atoms with Crippen LogP contribution in [0.3, 0.4) is 0 Å². The van der Waals surface area contributed by atoms with Gasteiger partial charge < -0.3 is 28.4 Å². The van der Waals surface area contributed by atoms with Crippen LogP contribution in [0.5, 0.6) is 5.75 Å². The molecule has 3 aliphatic heterocycles. The van der Waals surface area contributed by atoms with Crippen molar-refractivity contribution in [3.05, 3.63) is 183 Å². The summed E-state index contributed by atoms with van der Waals surface area (Å²) in [5.41, 5.74) is 16.8. The zero-order valence-electron chi connectivity index (χ0n) is 40.9. The van der Waals surface area contributed by atoms with Gasteiger partial charge in [-0.25, -0.2) is 4.39 Å². The van der Waals surface area contributed by atoms with Gasteiger partial charge in [-0.15, -0.1) is 5.73 Å². The molecule has 5 heterocycles. The van der Waals surface area contributed by atoms with E-state index in [9.17, 15) is 0 Å². The van der Waals surface area contributed by atoms with E-state index in [2.05, 4.69) is 70.5 Å². The van der Waals surface area contributed by atoms with Crippen molar-refractivity contribution in [1.29, 1.82) is 0 Å². The quantitative estimate of drug-likeness (QED) is 0.107. The lowest BCUT2D eigenvalue weighted by Crippen LogP contribution is -2.43. The van der Waals surface area contributed by atoms with Crippen LogP contribution >= 0.6 is 0 Å². The van der Waals surface area contributed by atoms with Crippen LogP contribution in [0.25, 0.3) is 16.8 Å². The zero-order valence-corrected chi connectivity index (χ0v) is 40.9. The smallest absolute Gasteiger partial charge is 0.264 e. The van der Waals surface area contributed by atoms with E-state index in [1.807, 2.05) is 98.9 Å². The molecule has 11 heteroatoms. The SMILES string of the molecule is C=C=C(Cc1ccc(OCCN2CCOCC2)cc1F)N1CCc2cc(-c3cc(C(=O)N(c4ccccc4)c4cc(C(=C)C)n(C)c4C)c(C)n3C)c(C(=O)N3Cc4ccccc4C[C@H]3C)cc2C1. The maximum atomic E-state index is 15.7. The van der Waals surface area contributed by atoms with Crippen molar-refractivity contribution >= 4 is 28.8 Å². The van der Waals surface area contributed by atoms with Crippen molar-refractivity contribution < 1.29 is 23.5 Å². The highest BCUT2D eigenvalue weighted by Gasteiger charge is 2.33. The number of anilines is 2. The van der Waals surface area contributed by atoms with Crippen LogP contribution in [0.15, 0.2) is 122 Å². The van der Waals surface area contributed by atoms with Gasteiger partial charge in [-0.1, -0.05) is 61.7 Å². The highest BCUT2D eigenvalue weighted by atomic mass is 19.1. The van der Waals surface area contributed by atoms with E-state index in [0.29, 0.717) is 61.5 Å². The lowest BCUT2D eigenvalue weighted by Gasteiger charge is -2.36. The minimum absolute atomic E-state index is 0.0375. The Labute approximate surface area is 406 Å². The van der Waals surface area contributed by atoms with Crippen molar-refractivity contribution in [3.63, 3.8) is 0 Å². The second-order valence-corrected chi connectivity index (χ2v) is 18.9. The number of amides is 2. The van der Waals surface area contributed by atoms with E-state index in [1.54, 1.807) is 11.0 Å². The maximum absolute atomic E-state index is 15.7. The molecule has 0 unspecified atom stereocenters. The van der Waals surface area contributed by atoms with Gasteiger partial charge in [-0.2, -0.15) is 0 Å². The van der Waals surface area contributed by atoms with Crippen molar-refractivity contribution in [2.75, 3.05) is 50.9 Å². The molecule has 1 saturated heterocycles. The van der Waals surface area contributed by atoms with E-state index in [-0.39, 0.29) is 23.7 Å². The molecule has 0 aliphatic carbocycles. The molecule has 6 aromatic rings. The standard InChI is InChI=1S/C58H63FN6O4/c1-9-47(30-44-19-20-49(33-53(44)59)69-28-25-62-23-26-68-27-24-62)63-22-21-43-31-51(52(32-46(43)36-63)57(66)64-37-45-16-14-13-15-42(45)29-39(64)4)56-34-50(40(5)60(56)7)58(67)65(48-17-11-10-12-18-48)55-35-54(38(2)3)61(8)41(55)6/h10-20,31-35,39H,1-2,21-30,36-37H2,3-8H3/t39-/m1/s1. The summed E-state index contributed by atoms with van der Waals surface area (Å²) in [5, 5.41) is 0. The van der Waals surface area contributed by atoms with Gasteiger partial charge in [-0.3, -0.25) is 19.4 Å². The van der Waals surface area contributed by atoms with E-state index in [0.717, 1.165) is 107 Å². The average Bonchev–Trinajstić information content (AvgIpc) is 3.82. The van der Waals surface area contributed by atoms with Crippen molar-refractivity contribution in [1.82, 2.24) is 23.8 Å². The summed E-state index contributed by atoms with van der Waals surface area (Å²) in [6.45, 7) is 22.4. The van der Waals surface area contributed by atoms with Gasteiger partial charge in [0.05, 0.1) is 30.2 Å². The molecule has 10 nitrogen and oxygen atoms in total. The molecular formula is C58H63FN6O4. The second-order valence-electron chi connectivity index (χ2n) is 18.9. The summed E-state index contributed by atoms with van der Waals surface area (Å²) < 4.78 is 31.2. The van der Waals surface area contributed by atoms with Crippen LogP contribution < -0.4 is 9.64 Å². The first-order chi connectivity index (χ1) is 33.3. The molecule has 1 atom stereocenters. The Morgan fingerprint density at radius 3 is 2.29 bits per heavy atom. The highest BCUT2D eigenvalue weighted by molar-refractivity contribution is 6.13. The van der Waals surface area contributed by atoms with Crippen LogP contribution in [-0.2, 0) is 51.2 Å². The van der Waals surface area contributed by atoms with Gasteiger partial charge in [0.1, 0.15) is 18.2 Å². The number of ether oxygens (including phenoxy) is 2. The number of allylic oxidation sites excluding steroid dienone is 2. The predicted molar refractivity (Wildman–Crippen MR) is 272 cm³/mol. The summed E-state index contributed by atoms with van der Waals surface area (Å²) in [6, 6.07) is 31.3. The highest BCUT2D eigenvalue weighted by Crippen LogP contribution is 2.39. The normalized spacial score (nSPS) is 15.8. The fourth-order valence-corrected chi connectivity index (χ4v) is 10.2. The molecule has 2 aromatic heterocycles. The average molecular weight is 927 g/mol. The fraction of sp³-hybridized carbons (Fsp3) is 0.328. The molecule has 9 rings (SSSR count). The molecule has 4 aromatic carbocycles.